The Morgan fingerprint density at radius 3 is 3.13 bits per heavy atom. The van der Waals surface area contributed by atoms with Crippen LogP contribution in [-0.2, 0) is 6.42 Å². The molecule has 0 aliphatic carbocycles. The zero-order valence-corrected chi connectivity index (χ0v) is 8.45. The third-order valence-corrected chi connectivity index (χ3v) is 2.16. The van der Waals surface area contributed by atoms with Gasteiger partial charge in [-0.1, -0.05) is 0 Å². The van der Waals surface area contributed by atoms with Crippen LogP contribution in [0.3, 0.4) is 0 Å². The quantitative estimate of drug-likeness (QED) is 0.829. The molecule has 0 bridgehead atoms. The summed E-state index contributed by atoms with van der Waals surface area (Å²) in [6, 6.07) is 5.80. The van der Waals surface area contributed by atoms with Crippen LogP contribution in [0.5, 0.6) is 0 Å². The molecule has 0 aliphatic heterocycles. The van der Waals surface area contributed by atoms with E-state index in [4.69, 9.17) is 9.68 Å². The number of rotatable bonds is 3. The van der Waals surface area contributed by atoms with Crippen molar-refractivity contribution in [3.05, 3.63) is 29.9 Å². The molecule has 0 saturated carbocycles. The first-order valence-corrected chi connectivity index (χ1v) is 4.77. The van der Waals surface area contributed by atoms with Crippen LogP contribution in [0.2, 0.25) is 0 Å². The van der Waals surface area contributed by atoms with E-state index in [-0.39, 0.29) is 0 Å². The molecule has 0 radical (unpaired) electrons. The van der Waals surface area contributed by atoms with Crippen LogP contribution in [0.4, 0.5) is 0 Å². The number of hydrogen-bond acceptors (Lipinski definition) is 3. The summed E-state index contributed by atoms with van der Waals surface area (Å²) in [4.78, 5) is 7.53. The van der Waals surface area contributed by atoms with Gasteiger partial charge in [-0.3, -0.25) is 0 Å². The van der Waals surface area contributed by atoms with Gasteiger partial charge in [0.15, 0.2) is 5.76 Å². The highest BCUT2D eigenvalue weighted by Gasteiger charge is 2.10. The standard InChI is InChI=1S/C11H11N3O/c1-8-11(9-4-3-7-15-9)14-10(13-8)5-2-6-12/h3-4,7H,2,5H2,1H3,(H,13,14). The van der Waals surface area contributed by atoms with Gasteiger partial charge in [-0.25, -0.2) is 4.98 Å². The molecule has 0 aliphatic rings. The topological polar surface area (TPSA) is 65.6 Å². The van der Waals surface area contributed by atoms with Crippen molar-refractivity contribution >= 4 is 0 Å². The molecule has 0 spiro atoms. The Balaban J connectivity index is 2.27. The fraction of sp³-hybridized carbons (Fsp3) is 0.273. The van der Waals surface area contributed by atoms with Crippen molar-refractivity contribution in [3.8, 4) is 17.5 Å². The molecule has 1 N–H and O–H groups in total. The largest absolute Gasteiger partial charge is 0.463 e. The summed E-state index contributed by atoms with van der Waals surface area (Å²) in [7, 11) is 0. The monoisotopic (exact) mass is 201 g/mol. The fourth-order valence-electron chi connectivity index (χ4n) is 1.47. The molecule has 0 saturated heterocycles. The zero-order valence-electron chi connectivity index (χ0n) is 8.45. The van der Waals surface area contributed by atoms with Crippen LogP contribution in [0.1, 0.15) is 17.9 Å². The zero-order chi connectivity index (χ0) is 10.7. The lowest BCUT2D eigenvalue weighted by molar-refractivity contribution is 0.580. The molecule has 0 unspecified atom stereocenters. The minimum absolute atomic E-state index is 0.477. The summed E-state index contributed by atoms with van der Waals surface area (Å²) in [6.07, 6.45) is 2.75. The number of H-pyrrole nitrogens is 1. The van der Waals surface area contributed by atoms with Gasteiger partial charge in [-0.2, -0.15) is 5.26 Å². The van der Waals surface area contributed by atoms with Crippen LogP contribution in [-0.4, -0.2) is 9.97 Å². The third kappa shape index (κ3) is 1.91. The number of imidazole rings is 1. The Hall–Kier alpha value is -2.02. The maximum Gasteiger partial charge on any atom is 0.154 e. The Morgan fingerprint density at radius 1 is 1.60 bits per heavy atom. The molecule has 4 nitrogen and oxygen atoms in total. The van der Waals surface area contributed by atoms with E-state index in [2.05, 4.69) is 16.0 Å². The van der Waals surface area contributed by atoms with Gasteiger partial charge in [0.1, 0.15) is 11.5 Å². The highest BCUT2D eigenvalue weighted by molar-refractivity contribution is 5.55. The SMILES string of the molecule is Cc1[nH]c(CCC#N)nc1-c1ccco1. The number of nitrogens with one attached hydrogen (secondary N) is 1. The Morgan fingerprint density at radius 2 is 2.47 bits per heavy atom. The lowest BCUT2D eigenvalue weighted by atomic mass is 10.3. The Kier molecular flexibility index (Phi) is 2.55. The second-order valence-corrected chi connectivity index (χ2v) is 3.29. The minimum atomic E-state index is 0.477. The van der Waals surface area contributed by atoms with Crippen molar-refractivity contribution in [2.45, 2.75) is 19.8 Å². The van der Waals surface area contributed by atoms with Gasteiger partial charge in [-0.15, -0.1) is 0 Å². The van der Waals surface area contributed by atoms with E-state index in [0.717, 1.165) is 23.0 Å². The maximum atomic E-state index is 8.48. The average molecular weight is 201 g/mol. The number of hydrogen-bond donors (Lipinski definition) is 1. The molecule has 2 aromatic heterocycles. The van der Waals surface area contributed by atoms with E-state index >= 15 is 0 Å². The van der Waals surface area contributed by atoms with Crippen LogP contribution >= 0.6 is 0 Å². The highest BCUT2D eigenvalue weighted by Crippen LogP contribution is 2.21. The van der Waals surface area contributed by atoms with Crippen molar-refractivity contribution in [2.75, 3.05) is 0 Å². The summed E-state index contributed by atoms with van der Waals surface area (Å²) in [6.45, 7) is 1.95. The first-order chi connectivity index (χ1) is 7.31. The number of nitriles is 1. The highest BCUT2D eigenvalue weighted by atomic mass is 16.3. The van der Waals surface area contributed by atoms with E-state index < -0.39 is 0 Å². The smallest absolute Gasteiger partial charge is 0.154 e. The summed E-state index contributed by atoms with van der Waals surface area (Å²) in [5, 5.41) is 8.48. The molecule has 0 amide bonds. The normalized spacial score (nSPS) is 10.1. The minimum Gasteiger partial charge on any atom is -0.463 e. The molecule has 76 valence electrons. The molecule has 0 atom stereocenters. The molecule has 2 rings (SSSR count). The van der Waals surface area contributed by atoms with Crippen molar-refractivity contribution in [1.29, 1.82) is 5.26 Å². The van der Waals surface area contributed by atoms with Crippen molar-refractivity contribution in [2.24, 2.45) is 0 Å². The van der Waals surface area contributed by atoms with E-state index in [1.807, 2.05) is 19.1 Å². The number of aromatic amines is 1. The van der Waals surface area contributed by atoms with Gasteiger partial charge in [0, 0.05) is 18.5 Å². The first kappa shape index (κ1) is 9.53. The van der Waals surface area contributed by atoms with Gasteiger partial charge in [0.05, 0.1) is 12.3 Å². The van der Waals surface area contributed by atoms with Gasteiger partial charge in [-0.05, 0) is 19.1 Å². The first-order valence-electron chi connectivity index (χ1n) is 4.77. The molecule has 0 aromatic carbocycles. The molecule has 15 heavy (non-hydrogen) atoms. The van der Waals surface area contributed by atoms with Crippen LogP contribution in [0, 0.1) is 18.3 Å². The Labute approximate surface area is 87.6 Å². The van der Waals surface area contributed by atoms with Crippen molar-refractivity contribution in [1.82, 2.24) is 9.97 Å². The van der Waals surface area contributed by atoms with Gasteiger partial charge in [0.25, 0.3) is 0 Å². The van der Waals surface area contributed by atoms with Gasteiger partial charge in [0.2, 0.25) is 0 Å². The second-order valence-electron chi connectivity index (χ2n) is 3.29. The second kappa shape index (κ2) is 4.01. The molecule has 4 heteroatoms. The average Bonchev–Trinajstić information content (AvgIpc) is 2.83. The summed E-state index contributed by atoms with van der Waals surface area (Å²) < 4.78 is 5.27. The van der Waals surface area contributed by atoms with Gasteiger partial charge < -0.3 is 9.40 Å². The number of furan rings is 1. The van der Waals surface area contributed by atoms with E-state index in [9.17, 15) is 0 Å². The predicted molar refractivity (Wildman–Crippen MR) is 55.0 cm³/mol. The molecular formula is C11H11N3O. The third-order valence-electron chi connectivity index (χ3n) is 2.16. The van der Waals surface area contributed by atoms with Crippen LogP contribution in [0.25, 0.3) is 11.5 Å². The van der Waals surface area contributed by atoms with Crippen molar-refractivity contribution < 1.29 is 4.42 Å². The van der Waals surface area contributed by atoms with E-state index in [0.29, 0.717) is 12.8 Å². The van der Waals surface area contributed by atoms with Crippen LogP contribution in [0.15, 0.2) is 22.8 Å². The number of aryl methyl sites for hydroxylation is 2. The van der Waals surface area contributed by atoms with Gasteiger partial charge >= 0.3 is 0 Å². The predicted octanol–water partition coefficient (Wildman–Crippen LogP) is 2.43. The Bertz CT molecular complexity index is 476. The number of nitrogens with zero attached hydrogens (tertiary/aromatic N) is 2. The molecule has 0 fully saturated rings. The number of aromatic nitrogens is 2. The fourth-order valence-corrected chi connectivity index (χ4v) is 1.47. The van der Waals surface area contributed by atoms with E-state index in [1.165, 1.54) is 0 Å². The summed E-state index contributed by atoms with van der Waals surface area (Å²) in [5.41, 5.74) is 1.80. The lowest BCUT2D eigenvalue weighted by Crippen LogP contribution is -1.86. The lowest BCUT2D eigenvalue weighted by Gasteiger charge is -1.89. The van der Waals surface area contributed by atoms with Crippen molar-refractivity contribution in [3.63, 3.8) is 0 Å². The maximum absolute atomic E-state index is 8.48. The molecule has 2 heterocycles. The van der Waals surface area contributed by atoms with Crippen LogP contribution < -0.4 is 0 Å². The molecular weight excluding hydrogens is 190 g/mol. The summed E-state index contributed by atoms with van der Waals surface area (Å²) >= 11 is 0. The molecule has 2 aromatic rings. The summed E-state index contributed by atoms with van der Waals surface area (Å²) in [5.74, 6) is 1.59. The van der Waals surface area contributed by atoms with E-state index in [1.54, 1.807) is 6.26 Å².